The Morgan fingerprint density at radius 3 is 2.17 bits per heavy atom. The van der Waals surface area contributed by atoms with Gasteiger partial charge in [-0.1, -0.05) is 6.07 Å². The number of halogens is 7. The molecule has 5 rings (SSSR count). The molecule has 13 heteroatoms. The van der Waals surface area contributed by atoms with Crippen molar-refractivity contribution in [3.8, 4) is 11.1 Å². The summed E-state index contributed by atoms with van der Waals surface area (Å²) in [6.07, 6.45) is -6.70. The fourth-order valence-electron chi connectivity index (χ4n) is 6.50. The number of nitrogens with zero attached hydrogens (tertiary/aromatic N) is 4. The Morgan fingerprint density at radius 1 is 0.957 bits per heavy atom. The lowest BCUT2D eigenvalue weighted by atomic mass is 9.81. The number of likely N-dealkylation sites (N-methyl/N-ethyl adjacent to an activating group) is 1. The zero-order valence-electron chi connectivity index (χ0n) is 25.8. The zero-order chi connectivity index (χ0) is 33.8. The smallest absolute Gasteiger partial charge is 0.394 e. The Kier molecular flexibility index (Phi) is 8.88. The molecule has 46 heavy (non-hydrogen) atoms. The second-order valence-corrected chi connectivity index (χ2v) is 12.6. The van der Waals surface area contributed by atoms with Gasteiger partial charge in [0.05, 0.1) is 41.1 Å². The summed E-state index contributed by atoms with van der Waals surface area (Å²) in [7, 11) is 1.37. The first-order valence-corrected chi connectivity index (χ1v) is 14.9. The summed E-state index contributed by atoms with van der Waals surface area (Å²) in [6.45, 7) is 6.28. The number of hydrogen-bond acceptors (Lipinski definition) is 5. The summed E-state index contributed by atoms with van der Waals surface area (Å²) in [6, 6.07) is 7.01. The Bertz CT molecular complexity index is 1590. The van der Waals surface area contributed by atoms with E-state index in [1.54, 1.807) is 13.0 Å². The maximum absolute atomic E-state index is 14.1. The highest BCUT2D eigenvalue weighted by atomic mass is 19.4. The Hall–Kier alpha value is -3.71. The molecule has 2 aliphatic rings. The molecular weight excluding hydrogens is 617 g/mol. The molecule has 248 valence electrons. The van der Waals surface area contributed by atoms with Crippen molar-refractivity contribution in [3.63, 3.8) is 0 Å². The van der Waals surface area contributed by atoms with Gasteiger partial charge in [-0.05, 0) is 93.2 Å². The van der Waals surface area contributed by atoms with Crippen molar-refractivity contribution in [1.29, 1.82) is 0 Å². The van der Waals surface area contributed by atoms with Crippen LogP contribution in [0, 0.1) is 12.7 Å². The highest BCUT2D eigenvalue weighted by molar-refractivity contribution is 6.03. The van der Waals surface area contributed by atoms with Gasteiger partial charge in [-0.25, -0.2) is 9.37 Å². The number of alkyl halides is 6. The number of pyridine rings is 1. The topological polar surface area (TPSA) is 59.9 Å². The van der Waals surface area contributed by atoms with Crippen LogP contribution in [0.25, 0.3) is 11.1 Å². The molecule has 0 bridgehead atoms. The fraction of sp³-hybridized carbons (Fsp3) is 0.455. The van der Waals surface area contributed by atoms with Gasteiger partial charge in [0.25, 0.3) is 0 Å². The molecule has 2 fully saturated rings. The molecule has 3 heterocycles. The normalized spacial score (nSPS) is 19.3. The fourth-order valence-corrected chi connectivity index (χ4v) is 6.50. The number of hydrogen-bond donors (Lipinski definition) is 1. The minimum absolute atomic E-state index is 0.0247. The van der Waals surface area contributed by atoms with Crippen LogP contribution in [-0.4, -0.2) is 66.3 Å². The first kappa shape index (κ1) is 33.6. The van der Waals surface area contributed by atoms with E-state index in [4.69, 9.17) is 0 Å². The molecule has 2 aliphatic heterocycles. The number of aryl methyl sites for hydroxylation is 1. The van der Waals surface area contributed by atoms with E-state index in [0.29, 0.717) is 47.7 Å². The largest absolute Gasteiger partial charge is 0.416 e. The highest BCUT2D eigenvalue weighted by Gasteiger charge is 2.42. The molecule has 1 amide bonds. The van der Waals surface area contributed by atoms with Crippen molar-refractivity contribution in [2.75, 3.05) is 43.1 Å². The van der Waals surface area contributed by atoms with Gasteiger partial charge in [-0.3, -0.25) is 9.69 Å². The highest BCUT2D eigenvalue weighted by Crippen LogP contribution is 2.42. The predicted octanol–water partition coefficient (Wildman–Crippen LogP) is 6.82. The molecule has 2 aromatic carbocycles. The maximum atomic E-state index is 14.1. The van der Waals surface area contributed by atoms with E-state index < -0.39 is 46.2 Å². The van der Waals surface area contributed by atoms with E-state index in [1.807, 2.05) is 4.90 Å². The third-order valence-corrected chi connectivity index (χ3v) is 9.15. The Balaban J connectivity index is 1.59. The lowest BCUT2D eigenvalue weighted by Crippen LogP contribution is -2.57. The van der Waals surface area contributed by atoms with E-state index >= 15 is 0 Å². The van der Waals surface area contributed by atoms with Crippen LogP contribution in [0.1, 0.15) is 48.9 Å². The number of aliphatic hydroxyl groups excluding tert-OH is 1. The molecule has 2 saturated heterocycles. The number of amides is 1. The first-order valence-electron chi connectivity index (χ1n) is 14.9. The predicted molar refractivity (Wildman–Crippen MR) is 160 cm³/mol. The third-order valence-electron chi connectivity index (χ3n) is 9.15. The summed E-state index contributed by atoms with van der Waals surface area (Å²) in [4.78, 5) is 24.2. The van der Waals surface area contributed by atoms with Crippen molar-refractivity contribution >= 4 is 17.4 Å². The minimum atomic E-state index is -5.08. The van der Waals surface area contributed by atoms with Gasteiger partial charge in [-0.15, -0.1) is 0 Å². The van der Waals surface area contributed by atoms with Crippen LogP contribution < -0.4 is 9.80 Å². The summed E-state index contributed by atoms with van der Waals surface area (Å²) in [5.41, 5.74) is -3.58. The summed E-state index contributed by atoms with van der Waals surface area (Å²) in [5, 5.41) is 10.2. The van der Waals surface area contributed by atoms with Crippen LogP contribution in [0.15, 0.2) is 48.7 Å². The number of aliphatic hydroxyl groups is 1. The minimum Gasteiger partial charge on any atom is -0.394 e. The van der Waals surface area contributed by atoms with E-state index in [0.717, 1.165) is 24.3 Å². The molecule has 2 atom stereocenters. The summed E-state index contributed by atoms with van der Waals surface area (Å²) in [5.74, 6) is -0.755. The van der Waals surface area contributed by atoms with Crippen LogP contribution in [0.2, 0.25) is 0 Å². The number of aromatic nitrogens is 1. The summed E-state index contributed by atoms with van der Waals surface area (Å²) >= 11 is 0. The number of carbonyl (C=O) groups excluding carboxylic acids is 1. The Labute approximate surface area is 262 Å². The van der Waals surface area contributed by atoms with Gasteiger partial charge in [-0.2, -0.15) is 26.3 Å². The van der Waals surface area contributed by atoms with Crippen molar-refractivity contribution in [2.24, 2.45) is 0 Å². The lowest BCUT2D eigenvalue weighted by Gasteiger charge is -2.44. The molecule has 1 N–H and O–H groups in total. The molecule has 6 nitrogen and oxygen atoms in total. The molecule has 3 aromatic rings. The van der Waals surface area contributed by atoms with Crippen LogP contribution in [-0.2, 0) is 22.6 Å². The van der Waals surface area contributed by atoms with Crippen LogP contribution >= 0.6 is 0 Å². The Morgan fingerprint density at radius 2 is 1.59 bits per heavy atom. The van der Waals surface area contributed by atoms with Gasteiger partial charge in [0.15, 0.2) is 0 Å². The lowest BCUT2D eigenvalue weighted by molar-refractivity contribution is -0.143. The van der Waals surface area contributed by atoms with E-state index in [2.05, 4.69) is 9.88 Å². The average Bonchev–Trinajstić information content (AvgIpc) is 3.46. The molecule has 0 radical (unpaired) electrons. The first-order chi connectivity index (χ1) is 21.4. The van der Waals surface area contributed by atoms with Crippen LogP contribution in [0.5, 0.6) is 0 Å². The van der Waals surface area contributed by atoms with E-state index in [1.165, 1.54) is 45.3 Å². The van der Waals surface area contributed by atoms with Crippen molar-refractivity contribution in [2.45, 2.75) is 63.5 Å². The maximum Gasteiger partial charge on any atom is 0.416 e. The molecule has 1 aromatic heterocycles. The van der Waals surface area contributed by atoms with Crippen LogP contribution in [0.4, 0.5) is 42.2 Å². The standard InChI is InChI=1S/C33H35F7N4O2/c1-19-10-23(34)7-8-26(19)27-14-29(44-17-24-6-5-9-43(24)16-25(44)18-45)41-15-28(27)42(4)30(46)31(2,3)20-11-21(32(35,36)37)13-22(12-20)33(38,39)40/h7-8,10-15,24-25,45H,5-6,9,16-18H2,1-4H3/t24-,25+/m1/s1. The van der Waals surface area contributed by atoms with Gasteiger partial charge in [0.2, 0.25) is 5.91 Å². The molecule has 0 unspecified atom stereocenters. The molecule has 0 saturated carbocycles. The van der Waals surface area contributed by atoms with E-state index in [9.17, 15) is 40.6 Å². The van der Waals surface area contributed by atoms with Gasteiger partial charge in [0.1, 0.15) is 11.6 Å². The van der Waals surface area contributed by atoms with Crippen LogP contribution in [0.3, 0.4) is 0 Å². The van der Waals surface area contributed by atoms with Crippen molar-refractivity contribution in [3.05, 3.63) is 76.7 Å². The third kappa shape index (κ3) is 6.44. The second kappa shape index (κ2) is 12.1. The number of piperazine rings is 1. The zero-order valence-corrected chi connectivity index (χ0v) is 25.8. The molecule has 0 aliphatic carbocycles. The number of anilines is 2. The second-order valence-electron chi connectivity index (χ2n) is 12.6. The molecule has 0 spiro atoms. The monoisotopic (exact) mass is 652 g/mol. The van der Waals surface area contributed by atoms with E-state index in [-0.39, 0.29) is 30.4 Å². The van der Waals surface area contributed by atoms with Gasteiger partial charge in [0, 0.05) is 31.7 Å². The quantitative estimate of drug-likeness (QED) is 0.297. The molecular formula is C33H35F7N4O2. The number of rotatable bonds is 6. The van der Waals surface area contributed by atoms with Crippen molar-refractivity contribution < 1.29 is 40.6 Å². The van der Waals surface area contributed by atoms with Gasteiger partial charge >= 0.3 is 12.4 Å². The SMILES string of the molecule is Cc1cc(F)ccc1-c1cc(N2C[C@H]3CCCN3C[C@H]2CO)ncc1N(C)C(=O)C(C)(C)c1cc(C(F)(F)F)cc(C(F)(F)F)c1. The van der Waals surface area contributed by atoms with Crippen molar-refractivity contribution in [1.82, 2.24) is 9.88 Å². The number of fused-ring (bicyclic) bond motifs is 1. The average molecular weight is 653 g/mol. The van der Waals surface area contributed by atoms with Gasteiger partial charge < -0.3 is 14.9 Å². The number of carbonyl (C=O) groups is 1. The summed E-state index contributed by atoms with van der Waals surface area (Å²) < 4.78 is 96.1. The number of benzene rings is 2.